The molecule has 0 bridgehead atoms. The van der Waals surface area contributed by atoms with E-state index in [2.05, 4.69) is 72.4 Å². The van der Waals surface area contributed by atoms with E-state index in [9.17, 15) is 4.79 Å². The number of aromatic nitrogens is 1. The van der Waals surface area contributed by atoms with Crippen molar-refractivity contribution in [2.45, 2.75) is 57.9 Å². The largest absolute Gasteiger partial charge is 0.340 e. The van der Waals surface area contributed by atoms with Crippen LogP contribution in [0.4, 0.5) is 22.9 Å². The van der Waals surface area contributed by atoms with Gasteiger partial charge in [0.05, 0.1) is 11.3 Å². The summed E-state index contributed by atoms with van der Waals surface area (Å²) in [5, 5.41) is 6.40. The Balaban J connectivity index is 1.40. The number of amides is 1. The van der Waals surface area contributed by atoms with Gasteiger partial charge in [-0.15, -0.1) is 0 Å². The second kappa shape index (κ2) is 7.89. The summed E-state index contributed by atoms with van der Waals surface area (Å²) in [7, 11) is 0. The van der Waals surface area contributed by atoms with E-state index in [4.69, 9.17) is 0 Å². The fourth-order valence-electron chi connectivity index (χ4n) is 4.85. The number of anilines is 4. The van der Waals surface area contributed by atoms with Gasteiger partial charge in [0.1, 0.15) is 5.82 Å². The van der Waals surface area contributed by atoms with Gasteiger partial charge in [0.2, 0.25) is 0 Å². The molecular weight excluding hydrogens is 410 g/mol. The first-order chi connectivity index (χ1) is 15.7. The lowest BCUT2D eigenvalue weighted by atomic mass is 9.63. The molecule has 2 aromatic carbocycles. The number of hydrogen-bond donors (Lipinski definition) is 4. The number of fused-ring (bicyclic) bond motifs is 2. The average molecular weight is 442 g/mol. The summed E-state index contributed by atoms with van der Waals surface area (Å²) in [6.45, 7) is 9.98. The van der Waals surface area contributed by atoms with Gasteiger partial charge in [0.25, 0.3) is 5.91 Å². The molecule has 3 aromatic rings. The Hall–Kier alpha value is -3.38. The average Bonchev–Trinajstić information content (AvgIpc) is 3.25. The van der Waals surface area contributed by atoms with Crippen LogP contribution in [0.15, 0.2) is 54.7 Å². The molecule has 33 heavy (non-hydrogen) atoms. The van der Waals surface area contributed by atoms with Gasteiger partial charge in [-0.05, 0) is 76.8 Å². The number of benzene rings is 2. The third kappa shape index (κ3) is 4.07. The van der Waals surface area contributed by atoms with Crippen LogP contribution in [0.3, 0.4) is 0 Å². The molecule has 170 valence electrons. The lowest BCUT2D eigenvalue weighted by Gasteiger charge is -2.42. The first-order valence-corrected chi connectivity index (χ1v) is 11.5. The predicted octanol–water partition coefficient (Wildman–Crippen LogP) is 5.86. The Morgan fingerprint density at radius 3 is 2.52 bits per heavy atom. The van der Waals surface area contributed by atoms with Crippen LogP contribution < -0.4 is 21.5 Å². The van der Waals surface area contributed by atoms with Crippen molar-refractivity contribution in [2.75, 3.05) is 16.1 Å². The van der Waals surface area contributed by atoms with E-state index in [1.165, 1.54) is 16.7 Å². The van der Waals surface area contributed by atoms with E-state index >= 15 is 0 Å². The molecule has 1 amide bonds. The van der Waals surface area contributed by atoms with Crippen molar-refractivity contribution in [3.05, 3.63) is 77.0 Å². The van der Waals surface area contributed by atoms with Crippen LogP contribution >= 0.6 is 0 Å². The van der Waals surface area contributed by atoms with Gasteiger partial charge in [-0.3, -0.25) is 4.79 Å². The fraction of sp³-hybridized carbons (Fsp3) is 0.333. The summed E-state index contributed by atoms with van der Waals surface area (Å²) in [5.41, 5.74) is 13.6. The molecule has 6 heteroatoms. The van der Waals surface area contributed by atoms with Crippen molar-refractivity contribution in [1.82, 2.24) is 10.4 Å². The number of nitrogens with zero attached hydrogens (tertiary/aromatic N) is 1. The van der Waals surface area contributed by atoms with Crippen molar-refractivity contribution in [2.24, 2.45) is 0 Å². The second-order valence-electron chi connectivity index (χ2n) is 10.4. The molecule has 1 aliphatic heterocycles. The minimum Gasteiger partial charge on any atom is -0.340 e. The lowest BCUT2D eigenvalue weighted by molar-refractivity contribution is 0.102. The SMILES string of the molecule is CC1(C)CCC(C)(C)c2cc(NC(=O)c3cccnc3Nc3ccc4c(c3)NNC4)ccc21. The highest BCUT2D eigenvalue weighted by Crippen LogP contribution is 2.46. The normalized spacial score (nSPS) is 17.5. The standard InChI is InChI=1S/C27H31N5O/c1-26(2)11-12-27(3,4)22-14-18(9-10-21(22)26)31-25(33)20-6-5-13-28-24(20)30-19-8-7-17-16-29-32-23(17)15-19/h5-10,13-15,29,32H,11-12,16H2,1-4H3,(H,28,30)(H,31,33). The molecule has 6 nitrogen and oxygen atoms in total. The summed E-state index contributed by atoms with van der Waals surface area (Å²) < 4.78 is 0. The van der Waals surface area contributed by atoms with Gasteiger partial charge in [-0.25, -0.2) is 10.4 Å². The summed E-state index contributed by atoms with van der Waals surface area (Å²) in [6, 6.07) is 16.0. The first-order valence-electron chi connectivity index (χ1n) is 11.5. The molecule has 0 saturated carbocycles. The molecule has 0 saturated heterocycles. The topological polar surface area (TPSA) is 78.1 Å². The zero-order chi connectivity index (χ0) is 23.2. The van der Waals surface area contributed by atoms with Gasteiger partial charge in [0, 0.05) is 24.1 Å². The van der Waals surface area contributed by atoms with E-state index < -0.39 is 0 Å². The van der Waals surface area contributed by atoms with Crippen LogP contribution in [0.25, 0.3) is 0 Å². The first kappa shape index (κ1) is 21.5. The number of carbonyl (C=O) groups is 1. The van der Waals surface area contributed by atoms with Crippen LogP contribution in [0, 0.1) is 0 Å². The lowest BCUT2D eigenvalue weighted by Crippen LogP contribution is -2.33. The van der Waals surface area contributed by atoms with Crippen molar-refractivity contribution >= 4 is 28.8 Å². The molecule has 2 aliphatic rings. The summed E-state index contributed by atoms with van der Waals surface area (Å²) in [6.07, 6.45) is 3.99. The molecule has 0 radical (unpaired) electrons. The predicted molar refractivity (Wildman–Crippen MR) is 134 cm³/mol. The maximum absolute atomic E-state index is 13.3. The van der Waals surface area contributed by atoms with E-state index in [0.717, 1.165) is 36.4 Å². The molecule has 1 aliphatic carbocycles. The van der Waals surface area contributed by atoms with Crippen molar-refractivity contribution in [3.8, 4) is 0 Å². The molecule has 0 unspecified atom stereocenters. The number of carbonyl (C=O) groups excluding carboxylic acids is 1. The summed E-state index contributed by atoms with van der Waals surface area (Å²) >= 11 is 0. The van der Waals surface area contributed by atoms with Gasteiger partial charge in [-0.2, -0.15) is 0 Å². The molecule has 5 rings (SSSR count). The number of hydrogen-bond acceptors (Lipinski definition) is 5. The number of pyridine rings is 1. The van der Waals surface area contributed by atoms with Crippen LogP contribution in [0.1, 0.15) is 67.6 Å². The zero-order valence-electron chi connectivity index (χ0n) is 19.7. The van der Waals surface area contributed by atoms with Crippen molar-refractivity contribution in [3.63, 3.8) is 0 Å². The van der Waals surface area contributed by atoms with Gasteiger partial charge in [0.15, 0.2) is 0 Å². The molecule has 2 heterocycles. The second-order valence-corrected chi connectivity index (χ2v) is 10.4. The molecule has 0 atom stereocenters. The number of hydrazine groups is 1. The van der Waals surface area contributed by atoms with Gasteiger partial charge >= 0.3 is 0 Å². The Morgan fingerprint density at radius 2 is 1.70 bits per heavy atom. The Labute approximate surface area is 195 Å². The van der Waals surface area contributed by atoms with Gasteiger partial charge in [-0.1, -0.05) is 39.8 Å². The molecular formula is C27H31N5O. The monoisotopic (exact) mass is 441 g/mol. The van der Waals surface area contributed by atoms with Crippen LogP contribution in [-0.2, 0) is 17.4 Å². The molecule has 4 N–H and O–H groups in total. The van der Waals surface area contributed by atoms with Crippen molar-refractivity contribution in [1.29, 1.82) is 0 Å². The number of nitrogens with one attached hydrogen (secondary N) is 4. The quantitative estimate of drug-likeness (QED) is 0.408. The highest BCUT2D eigenvalue weighted by atomic mass is 16.1. The van der Waals surface area contributed by atoms with Crippen LogP contribution in [0.2, 0.25) is 0 Å². The van der Waals surface area contributed by atoms with Crippen LogP contribution in [-0.4, -0.2) is 10.9 Å². The highest BCUT2D eigenvalue weighted by molar-refractivity contribution is 6.07. The van der Waals surface area contributed by atoms with E-state index in [0.29, 0.717) is 11.4 Å². The Kier molecular flexibility index (Phi) is 5.13. The van der Waals surface area contributed by atoms with Crippen molar-refractivity contribution < 1.29 is 4.79 Å². The maximum atomic E-state index is 13.3. The van der Waals surface area contributed by atoms with E-state index in [-0.39, 0.29) is 16.7 Å². The summed E-state index contributed by atoms with van der Waals surface area (Å²) in [4.78, 5) is 17.7. The molecule has 0 fully saturated rings. The fourth-order valence-corrected chi connectivity index (χ4v) is 4.85. The van der Waals surface area contributed by atoms with Gasteiger partial charge < -0.3 is 16.1 Å². The third-order valence-electron chi connectivity index (χ3n) is 7.04. The molecule has 0 spiro atoms. The molecule has 1 aromatic heterocycles. The Morgan fingerprint density at radius 1 is 0.939 bits per heavy atom. The Bertz CT molecular complexity index is 1230. The summed E-state index contributed by atoms with van der Waals surface area (Å²) in [5.74, 6) is 0.347. The van der Waals surface area contributed by atoms with E-state index in [1.54, 1.807) is 18.3 Å². The van der Waals surface area contributed by atoms with E-state index in [1.807, 2.05) is 18.2 Å². The number of rotatable bonds is 4. The minimum absolute atomic E-state index is 0.0864. The zero-order valence-corrected chi connectivity index (χ0v) is 19.7. The maximum Gasteiger partial charge on any atom is 0.259 e. The smallest absolute Gasteiger partial charge is 0.259 e. The van der Waals surface area contributed by atoms with Crippen LogP contribution in [0.5, 0.6) is 0 Å². The highest BCUT2D eigenvalue weighted by Gasteiger charge is 2.37. The third-order valence-corrected chi connectivity index (χ3v) is 7.04. The minimum atomic E-state index is -0.181.